The molecule has 102 valence electrons. The molecule has 2 aromatic rings. The number of methoxy groups -OCH3 is 1. The standard InChI is InChI=1S/C15H20N2OS/c1-18-9-7-15-17-13-10-11(5-6-14(13)19-15)12-4-2-3-8-16-12/h5-6,10,12,16H,2-4,7-9H2,1H3/t12-/m0/s1. The molecule has 0 aliphatic carbocycles. The van der Waals surface area contributed by atoms with Crippen molar-refractivity contribution in [2.45, 2.75) is 31.7 Å². The second-order valence-electron chi connectivity index (χ2n) is 5.08. The highest BCUT2D eigenvalue weighted by Crippen LogP contribution is 2.28. The minimum Gasteiger partial charge on any atom is -0.384 e. The molecule has 1 N–H and O–H groups in total. The van der Waals surface area contributed by atoms with Gasteiger partial charge >= 0.3 is 0 Å². The summed E-state index contributed by atoms with van der Waals surface area (Å²) in [6.45, 7) is 1.88. The van der Waals surface area contributed by atoms with Crippen molar-refractivity contribution in [3.8, 4) is 0 Å². The smallest absolute Gasteiger partial charge is 0.0961 e. The first-order chi connectivity index (χ1) is 9.36. The Morgan fingerprint density at radius 2 is 2.37 bits per heavy atom. The number of ether oxygens (including phenoxy) is 1. The van der Waals surface area contributed by atoms with Crippen molar-refractivity contribution < 1.29 is 4.74 Å². The van der Waals surface area contributed by atoms with E-state index >= 15 is 0 Å². The Morgan fingerprint density at radius 3 is 3.16 bits per heavy atom. The molecule has 3 rings (SSSR count). The zero-order chi connectivity index (χ0) is 13.1. The van der Waals surface area contributed by atoms with Crippen molar-refractivity contribution in [1.82, 2.24) is 10.3 Å². The molecule has 0 radical (unpaired) electrons. The number of nitrogens with one attached hydrogen (secondary N) is 1. The lowest BCUT2D eigenvalue weighted by molar-refractivity contribution is 0.202. The second kappa shape index (κ2) is 5.99. The topological polar surface area (TPSA) is 34.1 Å². The average molecular weight is 276 g/mol. The lowest BCUT2D eigenvalue weighted by Crippen LogP contribution is -2.26. The largest absolute Gasteiger partial charge is 0.384 e. The van der Waals surface area contributed by atoms with Crippen molar-refractivity contribution >= 4 is 21.6 Å². The lowest BCUT2D eigenvalue weighted by atomic mass is 9.97. The molecule has 1 aliphatic rings. The van der Waals surface area contributed by atoms with E-state index in [2.05, 4.69) is 23.5 Å². The number of benzene rings is 1. The first-order valence-corrected chi connectivity index (χ1v) is 7.80. The van der Waals surface area contributed by atoms with E-state index in [1.54, 1.807) is 18.4 Å². The zero-order valence-electron chi connectivity index (χ0n) is 11.3. The molecular weight excluding hydrogens is 256 g/mol. The van der Waals surface area contributed by atoms with Crippen molar-refractivity contribution in [3.05, 3.63) is 28.8 Å². The van der Waals surface area contributed by atoms with Crippen molar-refractivity contribution in [3.63, 3.8) is 0 Å². The fourth-order valence-corrected chi connectivity index (χ4v) is 3.57. The molecule has 1 fully saturated rings. The summed E-state index contributed by atoms with van der Waals surface area (Å²) in [5, 5.41) is 4.77. The van der Waals surface area contributed by atoms with E-state index in [1.165, 1.54) is 34.5 Å². The van der Waals surface area contributed by atoms with Crippen LogP contribution in [0.15, 0.2) is 18.2 Å². The van der Waals surface area contributed by atoms with Crippen LogP contribution in [-0.2, 0) is 11.2 Å². The Labute approximate surface area is 118 Å². The molecule has 1 saturated heterocycles. The second-order valence-corrected chi connectivity index (χ2v) is 6.20. The normalized spacial score (nSPS) is 19.9. The molecule has 1 atom stereocenters. The van der Waals surface area contributed by atoms with Crippen LogP contribution in [0.3, 0.4) is 0 Å². The van der Waals surface area contributed by atoms with Crippen LogP contribution in [0.4, 0.5) is 0 Å². The van der Waals surface area contributed by atoms with E-state index in [0.717, 1.165) is 25.1 Å². The maximum Gasteiger partial charge on any atom is 0.0961 e. The summed E-state index contributed by atoms with van der Waals surface area (Å²) in [5.41, 5.74) is 2.52. The molecule has 1 aromatic carbocycles. The quantitative estimate of drug-likeness (QED) is 0.930. The first-order valence-electron chi connectivity index (χ1n) is 6.98. The molecule has 2 heterocycles. The van der Waals surface area contributed by atoms with Gasteiger partial charge in [-0.15, -0.1) is 11.3 Å². The highest BCUT2D eigenvalue weighted by molar-refractivity contribution is 7.18. The molecule has 3 nitrogen and oxygen atoms in total. The predicted molar refractivity (Wildman–Crippen MR) is 79.8 cm³/mol. The SMILES string of the molecule is COCCc1nc2cc([C@@H]3CCCCN3)ccc2s1. The van der Waals surface area contributed by atoms with E-state index in [-0.39, 0.29) is 0 Å². The minimum absolute atomic E-state index is 0.516. The Kier molecular flexibility index (Phi) is 4.11. The molecular formula is C15H20N2OS. The van der Waals surface area contributed by atoms with Gasteiger partial charge in [0.05, 0.1) is 21.8 Å². The third kappa shape index (κ3) is 2.96. The van der Waals surface area contributed by atoms with Gasteiger partial charge in [-0.25, -0.2) is 4.98 Å². The maximum atomic E-state index is 5.12. The van der Waals surface area contributed by atoms with Crippen LogP contribution in [-0.4, -0.2) is 25.2 Å². The van der Waals surface area contributed by atoms with E-state index in [1.807, 2.05) is 0 Å². The lowest BCUT2D eigenvalue weighted by Gasteiger charge is -2.23. The summed E-state index contributed by atoms with van der Waals surface area (Å²) in [6.07, 6.45) is 4.78. The summed E-state index contributed by atoms with van der Waals surface area (Å²) < 4.78 is 6.40. The van der Waals surface area contributed by atoms with E-state index in [4.69, 9.17) is 9.72 Å². The third-order valence-electron chi connectivity index (χ3n) is 3.69. The fraction of sp³-hybridized carbons (Fsp3) is 0.533. The maximum absolute atomic E-state index is 5.12. The van der Waals surface area contributed by atoms with Gasteiger partial charge in [0.1, 0.15) is 0 Å². The molecule has 0 bridgehead atoms. The Balaban J connectivity index is 1.83. The van der Waals surface area contributed by atoms with Crippen molar-refractivity contribution in [2.24, 2.45) is 0 Å². The number of fused-ring (bicyclic) bond motifs is 1. The number of rotatable bonds is 4. The van der Waals surface area contributed by atoms with Gasteiger partial charge in [0.15, 0.2) is 0 Å². The molecule has 4 heteroatoms. The predicted octanol–water partition coefficient (Wildman–Crippen LogP) is 3.30. The van der Waals surface area contributed by atoms with Gasteiger partial charge in [-0.3, -0.25) is 0 Å². The van der Waals surface area contributed by atoms with Crippen LogP contribution in [0.5, 0.6) is 0 Å². The van der Waals surface area contributed by atoms with Gasteiger partial charge in [0.2, 0.25) is 0 Å². The van der Waals surface area contributed by atoms with Crippen LogP contribution < -0.4 is 5.32 Å². The number of thiazole rings is 1. The monoisotopic (exact) mass is 276 g/mol. The van der Waals surface area contributed by atoms with E-state index < -0.39 is 0 Å². The number of nitrogens with zero attached hydrogens (tertiary/aromatic N) is 1. The molecule has 1 aliphatic heterocycles. The van der Waals surface area contributed by atoms with E-state index in [9.17, 15) is 0 Å². The average Bonchev–Trinajstić information content (AvgIpc) is 2.87. The highest BCUT2D eigenvalue weighted by Gasteiger charge is 2.15. The number of hydrogen-bond donors (Lipinski definition) is 1. The van der Waals surface area contributed by atoms with Gasteiger partial charge in [0.25, 0.3) is 0 Å². The van der Waals surface area contributed by atoms with Crippen molar-refractivity contribution in [2.75, 3.05) is 20.3 Å². The van der Waals surface area contributed by atoms with Gasteiger partial charge in [0, 0.05) is 19.6 Å². The van der Waals surface area contributed by atoms with E-state index in [0.29, 0.717) is 6.04 Å². The fourth-order valence-electron chi connectivity index (χ4n) is 2.64. The molecule has 0 unspecified atom stereocenters. The van der Waals surface area contributed by atoms with Crippen LogP contribution in [0, 0.1) is 0 Å². The van der Waals surface area contributed by atoms with Gasteiger partial charge in [-0.1, -0.05) is 12.5 Å². The van der Waals surface area contributed by atoms with Crippen LogP contribution in [0.1, 0.15) is 35.9 Å². The summed E-state index contributed by atoms with van der Waals surface area (Å²) in [5.74, 6) is 0. The van der Waals surface area contributed by atoms with Crippen LogP contribution in [0.2, 0.25) is 0 Å². The first kappa shape index (κ1) is 13.0. The number of piperidine rings is 1. The van der Waals surface area contributed by atoms with Crippen molar-refractivity contribution in [1.29, 1.82) is 0 Å². The molecule has 0 amide bonds. The van der Waals surface area contributed by atoms with Gasteiger partial charge in [-0.2, -0.15) is 0 Å². The number of aromatic nitrogens is 1. The molecule has 0 spiro atoms. The summed E-state index contributed by atoms with van der Waals surface area (Å²) in [4.78, 5) is 4.72. The number of hydrogen-bond acceptors (Lipinski definition) is 4. The Morgan fingerprint density at radius 1 is 1.42 bits per heavy atom. The summed E-state index contributed by atoms with van der Waals surface area (Å²) in [6, 6.07) is 7.24. The van der Waals surface area contributed by atoms with Crippen LogP contribution in [0.25, 0.3) is 10.2 Å². The minimum atomic E-state index is 0.516. The van der Waals surface area contributed by atoms with Gasteiger partial charge in [-0.05, 0) is 37.1 Å². The zero-order valence-corrected chi connectivity index (χ0v) is 12.1. The molecule has 0 saturated carbocycles. The highest BCUT2D eigenvalue weighted by atomic mass is 32.1. The van der Waals surface area contributed by atoms with Gasteiger partial charge < -0.3 is 10.1 Å². The third-order valence-corrected chi connectivity index (χ3v) is 4.78. The molecule has 1 aromatic heterocycles. The summed E-state index contributed by atoms with van der Waals surface area (Å²) in [7, 11) is 1.74. The van der Waals surface area contributed by atoms with Crippen LogP contribution >= 0.6 is 11.3 Å². The molecule has 19 heavy (non-hydrogen) atoms. The Bertz CT molecular complexity index is 546. The Hall–Kier alpha value is -0.970. The summed E-state index contributed by atoms with van der Waals surface area (Å²) >= 11 is 1.78.